The third kappa shape index (κ3) is 5.57. The quantitative estimate of drug-likeness (QED) is 0.805. The first kappa shape index (κ1) is 19.9. The Bertz CT molecular complexity index is 571. The van der Waals surface area contributed by atoms with E-state index in [1.807, 2.05) is 0 Å². The van der Waals surface area contributed by atoms with Crippen molar-refractivity contribution >= 4 is 11.3 Å². The molecule has 0 bridgehead atoms. The Labute approximate surface area is 156 Å². The minimum atomic E-state index is -2.86. The van der Waals surface area contributed by atoms with E-state index >= 15 is 0 Å². The lowest BCUT2D eigenvalue weighted by Gasteiger charge is -2.34. The molecule has 1 aromatic rings. The van der Waals surface area contributed by atoms with Crippen molar-refractivity contribution in [3.05, 3.63) is 10.6 Å². The summed E-state index contributed by atoms with van der Waals surface area (Å²) in [6.07, 6.45) is 4.81. The van der Waals surface area contributed by atoms with E-state index in [1.165, 1.54) is 11.3 Å². The molecular formula is C18H28F3N3OS. The van der Waals surface area contributed by atoms with Crippen LogP contribution < -0.4 is 10.5 Å². The molecule has 0 atom stereocenters. The summed E-state index contributed by atoms with van der Waals surface area (Å²) in [5, 5.41) is 0.325. The number of nitrogens with two attached hydrogens (primary N) is 1. The Kier molecular flexibility index (Phi) is 6.14. The molecule has 26 heavy (non-hydrogen) atoms. The van der Waals surface area contributed by atoms with Crippen LogP contribution in [0.25, 0.3) is 0 Å². The largest absolute Gasteiger partial charge is 0.464 e. The standard InChI is InChI=1S/C18H28F3N3OS/c1-17(19,20)12-25-16-23-14-4-9-24(10-5-15(14)26-16)11-8-18(21)6-2-13(22)3-7-18/h13H,2-12,22H2,1H3. The van der Waals surface area contributed by atoms with Gasteiger partial charge in [0.25, 0.3) is 11.1 Å². The molecule has 148 valence electrons. The van der Waals surface area contributed by atoms with E-state index in [0.717, 1.165) is 62.8 Å². The lowest BCUT2D eigenvalue weighted by Crippen LogP contribution is -2.39. The predicted molar refractivity (Wildman–Crippen MR) is 97.0 cm³/mol. The molecule has 1 saturated carbocycles. The number of nitrogens with zero attached hydrogens (tertiary/aromatic N) is 2. The summed E-state index contributed by atoms with van der Waals surface area (Å²) in [5.41, 5.74) is 5.74. The molecule has 0 aromatic carbocycles. The lowest BCUT2D eigenvalue weighted by atomic mass is 9.82. The first-order valence-electron chi connectivity index (χ1n) is 9.39. The van der Waals surface area contributed by atoms with Gasteiger partial charge < -0.3 is 15.4 Å². The normalized spacial score (nSPS) is 27.8. The Balaban J connectivity index is 1.47. The van der Waals surface area contributed by atoms with Gasteiger partial charge in [-0.15, -0.1) is 0 Å². The molecule has 0 unspecified atom stereocenters. The van der Waals surface area contributed by atoms with Gasteiger partial charge in [0.2, 0.25) is 0 Å². The monoisotopic (exact) mass is 391 g/mol. The van der Waals surface area contributed by atoms with Crippen LogP contribution in [0.1, 0.15) is 49.6 Å². The van der Waals surface area contributed by atoms with E-state index in [-0.39, 0.29) is 6.04 Å². The van der Waals surface area contributed by atoms with Crippen LogP contribution >= 0.6 is 11.3 Å². The first-order valence-corrected chi connectivity index (χ1v) is 10.2. The summed E-state index contributed by atoms with van der Waals surface area (Å²) in [6, 6.07) is 0.156. The highest BCUT2D eigenvalue weighted by Gasteiger charge is 2.34. The van der Waals surface area contributed by atoms with Gasteiger partial charge in [-0.05, 0) is 38.5 Å². The fourth-order valence-corrected chi connectivity index (χ4v) is 4.57. The third-order valence-electron chi connectivity index (χ3n) is 5.33. The van der Waals surface area contributed by atoms with Crippen LogP contribution in [-0.2, 0) is 12.8 Å². The van der Waals surface area contributed by atoms with Crippen LogP contribution in [0.2, 0.25) is 0 Å². The maximum absolute atomic E-state index is 14.9. The van der Waals surface area contributed by atoms with Crippen LogP contribution in [0.3, 0.4) is 0 Å². The van der Waals surface area contributed by atoms with Crippen LogP contribution in [0, 0.1) is 0 Å². The SMILES string of the molecule is CC(F)(F)COc1nc2c(s1)CCN(CCC1(F)CCC(N)CC1)CC2. The van der Waals surface area contributed by atoms with Crippen molar-refractivity contribution in [1.82, 2.24) is 9.88 Å². The third-order valence-corrected chi connectivity index (χ3v) is 6.40. The maximum Gasteiger partial charge on any atom is 0.278 e. The molecular weight excluding hydrogens is 363 g/mol. The molecule has 2 aliphatic rings. The fraction of sp³-hybridized carbons (Fsp3) is 0.833. The molecule has 0 saturated heterocycles. The Hall–Kier alpha value is -0.860. The van der Waals surface area contributed by atoms with Gasteiger partial charge >= 0.3 is 0 Å². The minimum Gasteiger partial charge on any atom is -0.464 e. The summed E-state index contributed by atoms with van der Waals surface area (Å²) in [7, 11) is 0. The molecule has 2 heterocycles. The number of alkyl halides is 3. The second kappa shape index (κ2) is 8.02. The zero-order valence-electron chi connectivity index (χ0n) is 15.3. The zero-order chi connectivity index (χ0) is 18.8. The van der Waals surface area contributed by atoms with Crippen LogP contribution in [-0.4, -0.2) is 53.8 Å². The van der Waals surface area contributed by atoms with Gasteiger partial charge in [-0.3, -0.25) is 0 Å². The molecule has 0 spiro atoms. The van der Waals surface area contributed by atoms with Crippen molar-refractivity contribution < 1.29 is 17.9 Å². The van der Waals surface area contributed by atoms with Gasteiger partial charge in [0.1, 0.15) is 5.67 Å². The van der Waals surface area contributed by atoms with E-state index in [9.17, 15) is 13.2 Å². The van der Waals surface area contributed by atoms with Gasteiger partial charge in [-0.2, -0.15) is 0 Å². The second-order valence-corrected chi connectivity index (χ2v) is 8.83. The average Bonchev–Trinajstić information content (AvgIpc) is 2.87. The Morgan fingerprint density at radius 1 is 1.31 bits per heavy atom. The van der Waals surface area contributed by atoms with Crippen molar-refractivity contribution in [1.29, 1.82) is 0 Å². The van der Waals surface area contributed by atoms with Crippen LogP contribution in [0.4, 0.5) is 13.2 Å². The number of rotatable bonds is 6. The topological polar surface area (TPSA) is 51.4 Å². The zero-order valence-corrected chi connectivity index (χ0v) is 16.1. The van der Waals surface area contributed by atoms with E-state index in [1.54, 1.807) is 0 Å². The average molecular weight is 392 g/mol. The molecule has 1 aliphatic carbocycles. The number of thiazole rings is 1. The van der Waals surface area contributed by atoms with Gasteiger partial charge in [-0.1, -0.05) is 11.3 Å². The van der Waals surface area contributed by atoms with Crippen LogP contribution in [0.5, 0.6) is 5.19 Å². The van der Waals surface area contributed by atoms with Crippen molar-refractivity contribution in [3.8, 4) is 5.19 Å². The summed E-state index contributed by atoms with van der Waals surface area (Å²) in [5.74, 6) is -2.86. The molecule has 4 nitrogen and oxygen atoms in total. The fourth-order valence-electron chi connectivity index (χ4n) is 3.63. The van der Waals surface area contributed by atoms with Crippen molar-refractivity contribution in [2.45, 2.75) is 69.5 Å². The highest BCUT2D eigenvalue weighted by molar-refractivity contribution is 7.13. The van der Waals surface area contributed by atoms with Gasteiger partial charge in [0.15, 0.2) is 6.61 Å². The lowest BCUT2D eigenvalue weighted by molar-refractivity contribution is -0.0230. The molecule has 8 heteroatoms. The highest BCUT2D eigenvalue weighted by atomic mass is 32.1. The smallest absolute Gasteiger partial charge is 0.278 e. The number of hydrogen-bond donors (Lipinski definition) is 1. The highest BCUT2D eigenvalue weighted by Crippen LogP contribution is 2.35. The molecule has 0 amide bonds. The number of halogens is 3. The molecule has 0 radical (unpaired) electrons. The van der Waals surface area contributed by atoms with Crippen molar-refractivity contribution in [2.75, 3.05) is 26.2 Å². The number of fused-ring (bicyclic) bond motifs is 1. The van der Waals surface area contributed by atoms with Gasteiger partial charge in [0, 0.05) is 43.9 Å². The van der Waals surface area contributed by atoms with Crippen LogP contribution in [0.15, 0.2) is 0 Å². The number of ether oxygens (including phenoxy) is 1. The molecule has 1 aliphatic heterocycles. The summed E-state index contributed by atoms with van der Waals surface area (Å²) in [4.78, 5) is 7.75. The van der Waals surface area contributed by atoms with Gasteiger partial charge in [-0.25, -0.2) is 18.2 Å². The second-order valence-electron chi connectivity index (χ2n) is 7.79. The van der Waals surface area contributed by atoms with Gasteiger partial charge in [0.05, 0.1) is 5.69 Å². The van der Waals surface area contributed by atoms with E-state index < -0.39 is 18.2 Å². The number of hydrogen-bond acceptors (Lipinski definition) is 5. The Morgan fingerprint density at radius 2 is 2.00 bits per heavy atom. The molecule has 3 rings (SSSR count). The Morgan fingerprint density at radius 3 is 2.69 bits per heavy atom. The van der Waals surface area contributed by atoms with Crippen molar-refractivity contribution in [3.63, 3.8) is 0 Å². The first-order chi connectivity index (χ1) is 12.2. The summed E-state index contributed by atoms with van der Waals surface area (Å²) >= 11 is 1.36. The molecule has 1 aromatic heterocycles. The number of aromatic nitrogens is 1. The summed E-state index contributed by atoms with van der Waals surface area (Å²) < 4.78 is 45.8. The maximum atomic E-state index is 14.9. The minimum absolute atomic E-state index is 0.156. The molecule has 1 fully saturated rings. The van der Waals surface area contributed by atoms with E-state index in [0.29, 0.717) is 24.5 Å². The molecule has 2 N–H and O–H groups in total. The predicted octanol–water partition coefficient (Wildman–Crippen LogP) is 3.58. The van der Waals surface area contributed by atoms with E-state index in [4.69, 9.17) is 10.5 Å². The van der Waals surface area contributed by atoms with E-state index in [2.05, 4.69) is 9.88 Å². The van der Waals surface area contributed by atoms with Crippen molar-refractivity contribution in [2.24, 2.45) is 5.73 Å². The summed E-state index contributed by atoms with van der Waals surface area (Å²) in [6.45, 7) is 2.59.